The van der Waals surface area contributed by atoms with Crippen LogP contribution in [-0.2, 0) is 10.2 Å². The van der Waals surface area contributed by atoms with Gasteiger partial charge < -0.3 is 15.3 Å². The van der Waals surface area contributed by atoms with Crippen molar-refractivity contribution in [2.45, 2.75) is 120 Å². The van der Waals surface area contributed by atoms with E-state index >= 15 is 0 Å². The lowest BCUT2D eigenvalue weighted by atomic mass is 9.54. The SMILES string of the molecule is CCCCCCCCC(C1c2ccc(O)cc2SCC1(C)c1ccc(O)cc1)C(CC)(CCCC(F)(F)C(F)(F)F)C(=O)O. The van der Waals surface area contributed by atoms with E-state index in [0.29, 0.717) is 18.6 Å². The molecule has 0 radical (unpaired) electrons. The van der Waals surface area contributed by atoms with Crippen molar-refractivity contribution in [3.05, 3.63) is 53.6 Å². The molecule has 44 heavy (non-hydrogen) atoms. The average Bonchev–Trinajstić information content (AvgIpc) is 2.95. The highest BCUT2D eigenvalue weighted by Gasteiger charge is 2.58. The molecule has 1 aliphatic heterocycles. The average molecular weight is 645 g/mol. The second-order valence-corrected chi connectivity index (χ2v) is 13.5. The zero-order valence-electron chi connectivity index (χ0n) is 25.7. The highest BCUT2D eigenvalue weighted by Crippen LogP contribution is 2.60. The van der Waals surface area contributed by atoms with Crippen LogP contribution in [0.1, 0.15) is 108 Å². The van der Waals surface area contributed by atoms with Crippen LogP contribution in [0.2, 0.25) is 0 Å². The maximum absolute atomic E-state index is 14.0. The predicted molar refractivity (Wildman–Crippen MR) is 164 cm³/mol. The Labute approximate surface area is 261 Å². The molecule has 0 spiro atoms. The minimum Gasteiger partial charge on any atom is -0.508 e. The number of benzene rings is 2. The van der Waals surface area contributed by atoms with Crippen LogP contribution < -0.4 is 0 Å². The number of carboxylic acids is 1. The Morgan fingerprint density at radius 1 is 0.909 bits per heavy atom. The summed E-state index contributed by atoms with van der Waals surface area (Å²) in [7, 11) is 0. The number of unbranched alkanes of at least 4 members (excludes halogenated alkanes) is 5. The summed E-state index contributed by atoms with van der Waals surface area (Å²) in [5, 5.41) is 31.2. The number of hydrogen-bond donors (Lipinski definition) is 3. The van der Waals surface area contributed by atoms with E-state index in [1.54, 1.807) is 49.4 Å². The van der Waals surface area contributed by atoms with Crippen LogP contribution in [0.5, 0.6) is 11.5 Å². The second-order valence-electron chi connectivity index (χ2n) is 12.5. The summed E-state index contributed by atoms with van der Waals surface area (Å²) in [6, 6.07) is 11.7. The van der Waals surface area contributed by atoms with Gasteiger partial charge in [0.1, 0.15) is 11.5 Å². The Morgan fingerprint density at radius 2 is 1.52 bits per heavy atom. The van der Waals surface area contributed by atoms with Crippen LogP contribution >= 0.6 is 11.8 Å². The monoisotopic (exact) mass is 644 g/mol. The van der Waals surface area contributed by atoms with Crippen molar-refractivity contribution in [2.75, 3.05) is 5.75 Å². The molecule has 4 nitrogen and oxygen atoms in total. The van der Waals surface area contributed by atoms with Crippen molar-refractivity contribution in [3.63, 3.8) is 0 Å². The van der Waals surface area contributed by atoms with Gasteiger partial charge in [0.2, 0.25) is 0 Å². The van der Waals surface area contributed by atoms with Crippen LogP contribution in [0.4, 0.5) is 22.0 Å². The minimum absolute atomic E-state index is 0.0587. The zero-order valence-corrected chi connectivity index (χ0v) is 26.5. The van der Waals surface area contributed by atoms with E-state index in [9.17, 15) is 42.1 Å². The number of fused-ring (bicyclic) bond motifs is 1. The van der Waals surface area contributed by atoms with Crippen LogP contribution in [0.3, 0.4) is 0 Å². The van der Waals surface area contributed by atoms with E-state index in [1.165, 1.54) is 11.8 Å². The molecule has 1 aliphatic rings. The fourth-order valence-corrected chi connectivity index (χ4v) is 8.41. The number of phenolic OH excluding ortho intramolecular Hbond substituents is 2. The van der Waals surface area contributed by atoms with Crippen molar-refractivity contribution in [1.29, 1.82) is 0 Å². The molecule has 0 amide bonds. The molecule has 0 saturated carbocycles. The first-order valence-corrected chi connectivity index (χ1v) is 16.5. The van der Waals surface area contributed by atoms with Gasteiger partial charge in [-0.2, -0.15) is 22.0 Å². The molecule has 1 heterocycles. The third-order valence-electron chi connectivity index (χ3n) is 9.64. The summed E-state index contributed by atoms with van der Waals surface area (Å²) in [6.07, 6.45) is -1.91. The number of carbonyl (C=O) groups is 1. The van der Waals surface area contributed by atoms with Crippen molar-refractivity contribution >= 4 is 17.7 Å². The number of halogens is 5. The first kappa shape index (κ1) is 36.0. The molecule has 0 aliphatic carbocycles. The first-order valence-electron chi connectivity index (χ1n) is 15.6. The van der Waals surface area contributed by atoms with Crippen molar-refractivity contribution < 1.29 is 42.1 Å². The number of alkyl halides is 5. The fraction of sp³-hybridized carbons (Fsp3) is 0.618. The highest BCUT2D eigenvalue weighted by atomic mass is 32.2. The normalized spacial score (nSPS) is 21.0. The lowest BCUT2D eigenvalue weighted by Gasteiger charge is -2.51. The lowest BCUT2D eigenvalue weighted by Crippen LogP contribution is -2.49. The van der Waals surface area contributed by atoms with Gasteiger partial charge >= 0.3 is 18.1 Å². The Morgan fingerprint density at radius 3 is 2.11 bits per heavy atom. The second kappa shape index (κ2) is 14.7. The fourth-order valence-electron chi connectivity index (χ4n) is 7.05. The van der Waals surface area contributed by atoms with Crippen molar-refractivity contribution in [1.82, 2.24) is 0 Å². The maximum Gasteiger partial charge on any atom is 0.453 e. The number of rotatable bonds is 16. The van der Waals surface area contributed by atoms with Crippen molar-refractivity contribution in [3.8, 4) is 11.5 Å². The number of aliphatic carboxylic acids is 1. The summed E-state index contributed by atoms with van der Waals surface area (Å²) < 4.78 is 67.2. The molecular formula is C34H45F5O4S. The third-order valence-corrected chi connectivity index (χ3v) is 11.0. The van der Waals surface area contributed by atoms with Crippen LogP contribution in [0, 0.1) is 11.3 Å². The van der Waals surface area contributed by atoms with Gasteiger partial charge in [-0.3, -0.25) is 4.79 Å². The number of thioether (sulfide) groups is 1. The van der Waals surface area contributed by atoms with E-state index in [0.717, 1.165) is 48.1 Å². The van der Waals surface area contributed by atoms with Gasteiger partial charge in [0, 0.05) is 22.5 Å². The molecule has 0 fully saturated rings. The zero-order chi connectivity index (χ0) is 32.8. The molecule has 4 atom stereocenters. The van der Waals surface area contributed by atoms with Gasteiger partial charge in [-0.15, -0.1) is 11.8 Å². The summed E-state index contributed by atoms with van der Waals surface area (Å²) in [6.45, 7) is 5.82. The minimum atomic E-state index is -5.71. The van der Waals surface area contributed by atoms with Gasteiger partial charge in [-0.1, -0.05) is 77.5 Å². The Bertz CT molecular complexity index is 1240. The Hall–Kier alpha value is -2.49. The summed E-state index contributed by atoms with van der Waals surface area (Å²) >= 11 is 1.52. The standard InChI is InChI=1S/C34H45F5O4S/c1-4-6-7-8-9-10-12-27(32(5-2,30(42)43)19-11-20-33(35,36)34(37,38)39)29-26-18-17-25(41)21-28(26)44-22-31(29,3)23-13-15-24(40)16-14-23/h13-18,21,27,29,40-41H,4-12,19-20,22H2,1-3H3,(H,42,43). The summed E-state index contributed by atoms with van der Waals surface area (Å²) in [5.74, 6) is -6.53. The van der Waals surface area contributed by atoms with E-state index < -0.39 is 53.6 Å². The highest BCUT2D eigenvalue weighted by molar-refractivity contribution is 7.99. The number of phenols is 2. The van der Waals surface area contributed by atoms with Gasteiger partial charge in [-0.25, -0.2) is 0 Å². The molecule has 3 N–H and O–H groups in total. The number of aromatic hydroxyl groups is 2. The molecule has 4 unspecified atom stereocenters. The molecule has 246 valence electrons. The van der Waals surface area contributed by atoms with E-state index in [-0.39, 0.29) is 24.3 Å². The smallest absolute Gasteiger partial charge is 0.453 e. The summed E-state index contributed by atoms with van der Waals surface area (Å²) in [5.41, 5.74) is -0.574. The predicted octanol–water partition coefficient (Wildman–Crippen LogP) is 10.5. The van der Waals surface area contributed by atoms with E-state index in [2.05, 4.69) is 6.92 Å². The Balaban J connectivity index is 2.16. The lowest BCUT2D eigenvalue weighted by molar-refractivity contribution is -0.285. The molecule has 0 saturated heterocycles. The molecule has 0 bridgehead atoms. The van der Waals surface area contributed by atoms with Gasteiger partial charge in [-0.05, 0) is 72.9 Å². The number of hydrogen-bond acceptors (Lipinski definition) is 4. The van der Waals surface area contributed by atoms with Crippen LogP contribution in [0.15, 0.2) is 47.4 Å². The third kappa shape index (κ3) is 7.83. The molecule has 2 aromatic carbocycles. The quantitative estimate of drug-likeness (QED) is 0.125. The molecule has 3 rings (SSSR count). The molecular weight excluding hydrogens is 599 g/mol. The largest absolute Gasteiger partial charge is 0.508 e. The molecule has 2 aromatic rings. The maximum atomic E-state index is 14.0. The molecule has 0 aromatic heterocycles. The van der Waals surface area contributed by atoms with E-state index in [4.69, 9.17) is 0 Å². The first-order chi connectivity index (χ1) is 20.6. The Kier molecular flexibility index (Phi) is 12.1. The molecule has 10 heteroatoms. The van der Waals surface area contributed by atoms with E-state index in [1.807, 2.05) is 6.92 Å². The number of carboxylic acid groups (broad SMARTS) is 1. The van der Waals surface area contributed by atoms with Gasteiger partial charge in [0.25, 0.3) is 0 Å². The van der Waals surface area contributed by atoms with Crippen LogP contribution in [-0.4, -0.2) is 39.1 Å². The van der Waals surface area contributed by atoms with Crippen LogP contribution in [0.25, 0.3) is 0 Å². The van der Waals surface area contributed by atoms with Crippen molar-refractivity contribution in [2.24, 2.45) is 11.3 Å². The van der Waals surface area contributed by atoms with Gasteiger partial charge in [0.15, 0.2) is 0 Å². The topological polar surface area (TPSA) is 77.8 Å². The summed E-state index contributed by atoms with van der Waals surface area (Å²) in [4.78, 5) is 14.1. The van der Waals surface area contributed by atoms with Gasteiger partial charge in [0.05, 0.1) is 5.41 Å².